The topological polar surface area (TPSA) is 77.0 Å². The zero-order valence-electron chi connectivity index (χ0n) is 16.4. The summed E-state index contributed by atoms with van der Waals surface area (Å²) in [5.74, 6) is -0.105. The van der Waals surface area contributed by atoms with Crippen molar-refractivity contribution >= 4 is 40.7 Å². The number of hydrogen-bond donors (Lipinski definition) is 1. The van der Waals surface area contributed by atoms with E-state index in [2.05, 4.69) is 33.1 Å². The first kappa shape index (κ1) is 21.5. The summed E-state index contributed by atoms with van der Waals surface area (Å²) >= 11 is 2.14. The monoisotopic (exact) mass is 514 g/mol. The smallest absolute Gasteiger partial charge is 0.343 e. The summed E-state index contributed by atoms with van der Waals surface area (Å²) in [4.78, 5) is 24.5. The van der Waals surface area contributed by atoms with Crippen molar-refractivity contribution in [3.63, 3.8) is 0 Å². The van der Waals surface area contributed by atoms with Crippen molar-refractivity contribution in [1.82, 2.24) is 5.43 Å². The van der Waals surface area contributed by atoms with Gasteiger partial charge in [0, 0.05) is 9.13 Å². The van der Waals surface area contributed by atoms with E-state index >= 15 is 0 Å². The first-order chi connectivity index (χ1) is 14.5. The van der Waals surface area contributed by atoms with Gasteiger partial charge in [-0.15, -0.1) is 0 Å². The van der Waals surface area contributed by atoms with E-state index in [1.807, 2.05) is 31.2 Å². The van der Waals surface area contributed by atoms with Crippen LogP contribution in [0.5, 0.6) is 11.5 Å². The van der Waals surface area contributed by atoms with Gasteiger partial charge in [0.1, 0.15) is 0 Å². The molecule has 3 aromatic carbocycles. The molecule has 3 rings (SSSR count). The maximum Gasteiger partial charge on any atom is 0.343 e. The SMILES string of the molecule is COc1cc(/C=N\NC(=O)c2cccc(I)c2)ccc1OC(=O)c1ccc(C)cc1. The van der Waals surface area contributed by atoms with Crippen LogP contribution in [0.1, 0.15) is 31.8 Å². The molecule has 152 valence electrons. The molecule has 3 aromatic rings. The lowest BCUT2D eigenvalue weighted by molar-refractivity contribution is 0.0729. The normalized spacial score (nSPS) is 10.6. The third-order valence-electron chi connectivity index (χ3n) is 4.14. The maximum atomic E-state index is 12.3. The minimum absolute atomic E-state index is 0.295. The second-order valence-corrected chi connectivity index (χ2v) is 7.62. The molecule has 0 saturated carbocycles. The summed E-state index contributed by atoms with van der Waals surface area (Å²) in [5.41, 5.74) is 5.19. The maximum absolute atomic E-state index is 12.3. The molecular weight excluding hydrogens is 495 g/mol. The summed E-state index contributed by atoms with van der Waals surface area (Å²) in [6.45, 7) is 1.95. The highest BCUT2D eigenvalue weighted by atomic mass is 127. The lowest BCUT2D eigenvalue weighted by atomic mass is 10.1. The van der Waals surface area contributed by atoms with Crippen molar-refractivity contribution < 1.29 is 19.1 Å². The van der Waals surface area contributed by atoms with Crippen LogP contribution in [0.3, 0.4) is 0 Å². The van der Waals surface area contributed by atoms with Crippen LogP contribution in [-0.2, 0) is 0 Å². The Morgan fingerprint density at radius 3 is 2.43 bits per heavy atom. The highest BCUT2D eigenvalue weighted by Crippen LogP contribution is 2.28. The van der Waals surface area contributed by atoms with Crippen molar-refractivity contribution in [1.29, 1.82) is 0 Å². The van der Waals surface area contributed by atoms with Gasteiger partial charge in [0.05, 0.1) is 18.9 Å². The summed E-state index contributed by atoms with van der Waals surface area (Å²) in [7, 11) is 1.48. The molecule has 1 amide bonds. The predicted molar refractivity (Wildman–Crippen MR) is 123 cm³/mol. The van der Waals surface area contributed by atoms with Gasteiger partial charge >= 0.3 is 5.97 Å². The van der Waals surface area contributed by atoms with Gasteiger partial charge in [0.15, 0.2) is 11.5 Å². The molecule has 0 saturated heterocycles. The van der Waals surface area contributed by atoms with Gasteiger partial charge in [-0.25, -0.2) is 10.2 Å². The van der Waals surface area contributed by atoms with E-state index in [-0.39, 0.29) is 5.91 Å². The van der Waals surface area contributed by atoms with Gasteiger partial charge in [0.2, 0.25) is 0 Å². The fraction of sp³-hybridized carbons (Fsp3) is 0.0870. The zero-order valence-corrected chi connectivity index (χ0v) is 18.5. The van der Waals surface area contributed by atoms with E-state index in [1.165, 1.54) is 13.3 Å². The van der Waals surface area contributed by atoms with Crippen LogP contribution in [0.15, 0.2) is 71.8 Å². The molecule has 0 aliphatic carbocycles. The second-order valence-electron chi connectivity index (χ2n) is 6.38. The number of carbonyl (C=O) groups is 2. The summed E-state index contributed by atoms with van der Waals surface area (Å²) in [6, 6.07) is 19.3. The molecule has 0 atom stereocenters. The standard InChI is InChI=1S/C23H19IN2O4/c1-15-6-9-17(10-7-15)23(28)30-20-11-8-16(12-21(20)29-2)14-25-26-22(27)18-4-3-5-19(24)13-18/h3-14H,1-2H3,(H,26,27)/b25-14-. The van der Waals surface area contributed by atoms with Gasteiger partial charge in [-0.2, -0.15) is 5.10 Å². The van der Waals surface area contributed by atoms with Crippen LogP contribution in [0, 0.1) is 10.5 Å². The van der Waals surface area contributed by atoms with Crippen LogP contribution in [-0.4, -0.2) is 25.2 Å². The number of rotatable bonds is 6. The number of halogens is 1. The van der Waals surface area contributed by atoms with Gasteiger partial charge in [-0.1, -0.05) is 23.8 Å². The molecule has 0 aliphatic heterocycles. The minimum atomic E-state index is -0.473. The second kappa shape index (κ2) is 10.0. The van der Waals surface area contributed by atoms with E-state index in [1.54, 1.807) is 42.5 Å². The Bertz CT molecular complexity index is 1090. The molecular formula is C23H19IN2O4. The molecule has 0 fully saturated rings. The Labute approximate surface area is 188 Å². The molecule has 6 nitrogen and oxygen atoms in total. The summed E-state index contributed by atoms with van der Waals surface area (Å²) < 4.78 is 11.7. The molecule has 0 radical (unpaired) electrons. The minimum Gasteiger partial charge on any atom is -0.493 e. The van der Waals surface area contributed by atoms with Crippen molar-refractivity contribution in [2.45, 2.75) is 6.92 Å². The summed E-state index contributed by atoms with van der Waals surface area (Å²) in [5, 5.41) is 3.98. The first-order valence-corrected chi connectivity index (χ1v) is 10.1. The average molecular weight is 514 g/mol. The predicted octanol–water partition coefficient (Wildman–Crippen LogP) is 4.59. The Morgan fingerprint density at radius 1 is 0.967 bits per heavy atom. The highest BCUT2D eigenvalue weighted by Gasteiger charge is 2.13. The average Bonchev–Trinajstić information content (AvgIpc) is 2.75. The molecule has 0 aliphatic rings. The number of carbonyl (C=O) groups excluding carboxylic acids is 2. The number of hydrazone groups is 1. The Morgan fingerprint density at radius 2 is 1.73 bits per heavy atom. The first-order valence-electron chi connectivity index (χ1n) is 9.02. The molecule has 0 spiro atoms. The van der Waals surface area contributed by atoms with E-state index in [4.69, 9.17) is 9.47 Å². The lowest BCUT2D eigenvalue weighted by Gasteiger charge is -2.10. The molecule has 0 bridgehead atoms. The zero-order chi connectivity index (χ0) is 21.5. The molecule has 7 heteroatoms. The number of amides is 1. The van der Waals surface area contributed by atoms with E-state index in [0.717, 1.165) is 9.13 Å². The Kier molecular flexibility index (Phi) is 7.18. The quantitative estimate of drug-likeness (QED) is 0.172. The highest BCUT2D eigenvalue weighted by molar-refractivity contribution is 14.1. The van der Waals surface area contributed by atoms with Crippen LogP contribution < -0.4 is 14.9 Å². The van der Waals surface area contributed by atoms with Gasteiger partial charge < -0.3 is 9.47 Å². The van der Waals surface area contributed by atoms with Crippen molar-refractivity contribution in [2.24, 2.45) is 5.10 Å². The lowest BCUT2D eigenvalue weighted by Crippen LogP contribution is -2.17. The number of esters is 1. The van der Waals surface area contributed by atoms with Crippen LogP contribution >= 0.6 is 22.6 Å². The van der Waals surface area contributed by atoms with E-state index in [0.29, 0.717) is 28.2 Å². The molecule has 0 aromatic heterocycles. The molecule has 0 heterocycles. The number of benzene rings is 3. The number of nitrogens with zero attached hydrogens (tertiary/aromatic N) is 1. The molecule has 0 unspecified atom stereocenters. The fourth-order valence-electron chi connectivity index (χ4n) is 2.56. The van der Waals surface area contributed by atoms with Crippen LogP contribution in [0.4, 0.5) is 0 Å². The molecule has 1 N–H and O–H groups in total. The summed E-state index contributed by atoms with van der Waals surface area (Å²) in [6.07, 6.45) is 1.49. The van der Waals surface area contributed by atoms with Crippen molar-refractivity contribution in [3.05, 3.63) is 92.6 Å². The third kappa shape index (κ3) is 5.66. The number of hydrogen-bond acceptors (Lipinski definition) is 5. The molecule has 30 heavy (non-hydrogen) atoms. The van der Waals surface area contributed by atoms with Gasteiger partial charge in [-0.05, 0) is 83.6 Å². The van der Waals surface area contributed by atoms with Crippen LogP contribution in [0.2, 0.25) is 0 Å². The Balaban J connectivity index is 1.67. The van der Waals surface area contributed by atoms with Crippen molar-refractivity contribution in [3.8, 4) is 11.5 Å². The van der Waals surface area contributed by atoms with E-state index < -0.39 is 5.97 Å². The Hall–Kier alpha value is -3.20. The van der Waals surface area contributed by atoms with Crippen LogP contribution in [0.25, 0.3) is 0 Å². The number of methoxy groups -OCH3 is 1. The van der Waals surface area contributed by atoms with Gasteiger partial charge in [-0.3, -0.25) is 4.79 Å². The number of ether oxygens (including phenoxy) is 2. The van der Waals surface area contributed by atoms with E-state index in [9.17, 15) is 9.59 Å². The number of nitrogens with one attached hydrogen (secondary N) is 1. The third-order valence-corrected chi connectivity index (χ3v) is 4.82. The largest absolute Gasteiger partial charge is 0.493 e. The fourth-order valence-corrected chi connectivity index (χ4v) is 3.10. The van der Waals surface area contributed by atoms with Crippen molar-refractivity contribution in [2.75, 3.05) is 7.11 Å². The van der Waals surface area contributed by atoms with Gasteiger partial charge in [0.25, 0.3) is 5.91 Å². The number of aryl methyl sites for hydroxylation is 1.